The third kappa shape index (κ3) is 2.80. The zero-order valence-electron chi connectivity index (χ0n) is 12.9. The van der Waals surface area contributed by atoms with Crippen LogP contribution in [0.1, 0.15) is 24.2 Å². The molecular formula is C17H14F2N2O3. The Hall–Kier alpha value is -2.96. The topological polar surface area (TPSA) is 67.4 Å². The highest BCUT2D eigenvalue weighted by Crippen LogP contribution is 2.39. The van der Waals surface area contributed by atoms with Crippen LogP contribution in [0.4, 0.5) is 20.2 Å². The van der Waals surface area contributed by atoms with Crippen molar-refractivity contribution in [1.29, 1.82) is 0 Å². The molecule has 0 unspecified atom stereocenters. The van der Waals surface area contributed by atoms with Gasteiger partial charge in [-0.3, -0.25) is 9.59 Å². The number of ether oxygens (including phenoxy) is 1. The number of benzene rings is 2. The molecule has 0 saturated heterocycles. The second-order valence-corrected chi connectivity index (χ2v) is 5.83. The molecule has 124 valence electrons. The van der Waals surface area contributed by atoms with Gasteiger partial charge in [0.05, 0.1) is 5.69 Å². The molecule has 0 saturated carbocycles. The molecule has 0 aliphatic carbocycles. The molecule has 2 aromatic carbocycles. The third-order valence-corrected chi connectivity index (χ3v) is 3.61. The highest BCUT2D eigenvalue weighted by atomic mass is 19.2. The first-order chi connectivity index (χ1) is 11.3. The van der Waals surface area contributed by atoms with Gasteiger partial charge in [0.25, 0.3) is 11.8 Å². The fourth-order valence-electron chi connectivity index (χ4n) is 2.27. The molecule has 24 heavy (non-hydrogen) atoms. The van der Waals surface area contributed by atoms with E-state index < -0.39 is 23.1 Å². The van der Waals surface area contributed by atoms with Crippen LogP contribution in [0.2, 0.25) is 0 Å². The van der Waals surface area contributed by atoms with Gasteiger partial charge >= 0.3 is 0 Å². The fraction of sp³-hybridized carbons (Fsp3) is 0.176. The molecular weight excluding hydrogens is 318 g/mol. The van der Waals surface area contributed by atoms with Gasteiger partial charge in [0.2, 0.25) is 0 Å². The first kappa shape index (κ1) is 15.9. The number of anilines is 2. The highest BCUT2D eigenvalue weighted by molar-refractivity contribution is 6.09. The summed E-state index contributed by atoms with van der Waals surface area (Å²) < 4.78 is 31.8. The first-order valence-electron chi connectivity index (χ1n) is 7.18. The molecule has 3 rings (SSSR count). The Morgan fingerprint density at radius 3 is 2.62 bits per heavy atom. The van der Waals surface area contributed by atoms with Gasteiger partial charge < -0.3 is 15.4 Å². The summed E-state index contributed by atoms with van der Waals surface area (Å²) in [5, 5.41) is 5.24. The number of nitrogens with one attached hydrogen (secondary N) is 2. The first-order valence-corrected chi connectivity index (χ1v) is 7.18. The number of carbonyl (C=O) groups excluding carboxylic acids is 2. The number of rotatable bonds is 2. The Morgan fingerprint density at radius 2 is 1.92 bits per heavy atom. The van der Waals surface area contributed by atoms with E-state index in [1.807, 2.05) is 0 Å². The molecule has 0 fully saturated rings. The van der Waals surface area contributed by atoms with Crippen LogP contribution in [0.15, 0.2) is 36.4 Å². The molecule has 5 nitrogen and oxygen atoms in total. The Labute approximate surface area is 136 Å². The summed E-state index contributed by atoms with van der Waals surface area (Å²) in [6.07, 6.45) is 0. The van der Waals surface area contributed by atoms with Crippen molar-refractivity contribution in [3.63, 3.8) is 0 Å². The Bertz CT molecular complexity index is 850. The van der Waals surface area contributed by atoms with E-state index in [9.17, 15) is 18.4 Å². The molecule has 0 spiro atoms. The van der Waals surface area contributed by atoms with E-state index in [4.69, 9.17) is 4.74 Å². The van der Waals surface area contributed by atoms with Crippen LogP contribution in [0, 0.1) is 11.6 Å². The highest BCUT2D eigenvalue weighted by Gasteiger charge is 2.36. The van der Waals surface area contributed by atoms with E-state index in [0.29, 0.717) is 17.1 Å². The van der Waals surface area contributed by atoms with Crippen molar-refractivity contribution in [2.24, 2.45) is 0 Å². The van der Waals surface area contributed by atoms with Crippen molar-refractivity contribution < 1.29 is 23.1 Å². The van der Waals surface area contributed by atoms with E-state index in [1.165, 1.54) is 6.07 Å². The zero-order chi connectivity index (χ0) is 17.5. The van der Waals surface area contributed by atoms with Gasteiger partial charge in [-0.1, -0.05) is 6.07 Å². The molecule has 0 bridgehead atoms. The zero-order valence-corrected chi connectivity index (χ0v) is 12.9. The lowest BCUT2D eigenvalue weighted by atomic mass is 10.1. The number of para-hydroxylation sites is 1. The second-order valence-electron chi connectivity index (χ2n) is 5.83. The molecule has 0 atom stereocenters. The van der Waals surface area contributed by atoms with Crippen LogP contribution in [0.5, 0.6) is 5.75 Å². The number of carbonyl (C=O) groups is 2. The van der Waals surface area contributed by atoms with Gasteiger partial charge in [-0.05, 0) is 44.2 Å². The molecule has 0 radical (unpaired) electrons. The van der Waals surface area contributed by atoms with Gasteiger partial charge in [-0.2, -0.15) is 0 Å². The van der Waals surface area contributed by atoms with Crippen LogP contribution < -0.4 is 15.4 Å². The number of fused-ring (bicyclic) bond motifs is 1. The van der Waals surface area contributed by atoms with Gasteiger partial charge in [0, 0.05) is 5.56 Å². The average molecular weight is 332 g/mol. The molecule has 2 aromatic rings. The van der Waals surface area contributed by atoms with Gasteiger partial charge in [0.1, 0.15) is 11.4 Å². The lowest BCUT2D eigenvalue weighted by Gasteiger charge is -2.32. The van der Waals surface area contributed by atoms with E-state index in [1.54, 1.807) is 32.0 Å². The number of amides is 2. The molecule has 2 N–H and O–H groups in total. The van der Waals surface area contributed by atoms with Gasteiger partial charge in [-0.25, -0.2) is 8.78 Å². The van der Waals surface area contributed by atoms with Crippen molar-refractivity contribution in [1.82, 2.24) is 0 Å². The quantitative estimate of drug-likeness (QED) is 0.886. The van der Waals surface area contributed by atoms with Gasteiger partial charge in [0.15, 0.2) is 17.2 Å². The predicted molar refractivity (Wildman–Crippen MR) is 84.1 cm³/mol. The third-order valence-electron chi connectivity index (χ3n) is 3.61. The molecule has 7 heteroatoms. The van der Waals surface area contributed by atoms with Crippen molar-refractivity contribution in [2.45, 2.75) is 19.4 Å². The Kier molecular flexibility index (Phi) is 3.71. The summed E-state index contributed by atoms with van der Waals surface area (Å²) in [7, 11) is 0. The molecule has 1 heterocycles. The maximum absolute atomic E-state index is 13.3. The summed E-state index contributed by atoms with van der Waals surface area (Å²) >= 11 is 0. The molecule has 0 aromatic heterocycles. The Balaban J connectivity index is 1.90. The lowest BCUT2D eigenvalue weighted by molar-refractivity contribution is -0.129. The fourth-order valence-corrected chi connectivity index (χ4v) is 2.27. The predicted octanol–water partition coefficient (Wildman–Crippen LogP) is 3.33. The van der Waals surface area contributed by atoms with Crippen molar-refractivity contribution >= 4 is 23.2 Å². The summed E-state index contributed by atoms with van der Waals surface area (Å²) in [5.74, 6) is -2.74. The molecule has 1 aliphatic rings. The standard InChI is InChI=1S/C17H14F2N2O3/c1-17(2)16(23)21-14-12(4-3-5-13(14)24-17)20-15(22)9-6-7-10(18)11(19)8-9/h3-8H,1-2H3,(H,20,22)(H,21,23). The van der Waals surface area contributed by atoms with Crippen molar-refractivity contribution in [3.05, 3.63) is 53.6 Å². The normalized spacial score (nSPS) is 15.1. The number of halogens is 2. The van der Waals surface area contributed by atoms with E-state index in [2.05, 4.69) is 10.6 Å². The van der Waals surface area contributed by atoms with Crippen LogP contribution in [-0.4, -0.2) is 17.4 Å². The Morgan fingerprint density at radius 1 is 1.17 bits per heavy atom. The maximum atomic E-state index is 13.3. The monoisotopic (exact) mass is 332 g/mol. The molecule has 2 amide bonds. The minimum Gasteiger partial charge on any atom is -0.476 e. The average Bonchev–Trinajstić information content (AvgIpc) is 2.51. The van der Waals surface area contributed by atoms with E-state index in [-0.39, 0.29) is 11.5 Å². The maximum Gasteiger partial charge on any atom is 0.268 e. The van der Waals surface area contributed by atoms with Crippen molar-refractivity contribution in [3.8, 4) is 5.75 Å². The lowest BCUT2D eigenvalue weighted by Crippen LogP contribution is -2.45. The smallest absolute Gasteiger partial charge is 0.268 e. The summed E-state index contributed by atoms with van der Waals surface area (Å²) in [4.78, 5) is 24.2. The minimum absolute atomic E-state index is 0.0464. The van der Waals surface area contributed by atoms with Crippen molar-refractivity contribution in [2.75, 3.05) is 10.6 Å². The number of hydrogen-bond acceptors (Lipinski definition) is 3. The van der Waals surface area contributed by atoms with Crippen LogP contribution in [0.25, 0.3) is 0 Å². The van der Waals surface area contributed by atoms with Gasteiger partial charge in [-0.15, -0.1) is 0 Å². The summed E-state index contributed by atoms with van der Waals surface area (Å²) in [6, 6.07) is 7.72. The summed E-state index contributed by atoms with van der Waals surface area (Å²) in [5.41, 5.74) is -0.464. The minimum atomic E-state index is -1.11. The van der Waals surface area contributed by atoms with Crippen LogP contribution in [0.3, 0.4) is 0 Å². The van der Waals surface area contributed by atoms with Crippen LogP contribution >= 0.6 is 0 Å². The van der Waals surface area contributed by atoms with E-state index in [0.717, 1.165) is 12.1 Å². The summed E-state index contributed by atoms with van der Waals surface area (Å²) in [6.45, 7) is 3.25. The number of hydrogen-bond donors (Lipinski definition) is 2. The second kappa shape index (κ2) is 5.59. The molecule has 1 aliphatic heterocycles. The van der Waals surface area contributed by atoms with Crippen LogP contribution in [-0.2, 0) is 4.79 Å². The SMILES string of the molecule is CC1(C)Oc2cccc(NC(=O)c3ccc(F)c(F)c3)c2NC1=O. The largest absolute Gasteiger partial charge is 0.476 e. The van der Waals surface area contributed by atoms with E-state index >= 15 is 0 Å².